The van der Waals surface area contributed by atoms with Crippen molar-refractivity contribution < 1.29 is 0 Å². The smallest absolute Gasteiger partial charge is 0.104 e. The van der Waals surface area contributed by atoms with E-state index in [1.165, 1.54) is 0 Å². The van der Waals surface area contributed by atoms with Gasteiger partial charge in [-0.1, -0.05) is 6.07 Å². The predicted molar refractivity (Wildman–Crippen MR) is 73.1 cm³/mol. The van der Waals surface area contributed by atoms with Gasteiger partial charge in [-0.2, -0.15) is 5.26 Å². The van der Waals surface area contributed by atoms with Crippen molar-refractivity contribution >= 4 is 0 Å². The molecular formula is C14H22N4. The van der Waals surface area contributed by atoms with E-state index in [0.29, 0.717) is 0 Å². The number of hydrogen-bond acceptors (Lipinski definition) is 4. The van der Waals surface area contributed by atoms with Crippen LogP contribution in [0.1, 0.15) is 19.0 Å². The van der Waals surface area contributed by atoms with Gasteiger partial charge in [0.2, 0.25) is 0 Å². The van der Waals surface area contributed by atoms with Crippen LogP contribution in [0.5, 0.6) is 0 Å². The van der Waals surface area contributed by atoms with Crippen molar-refractivity contribution in [1.29, 1.82) is 5.26 Å². The molecule has 1 atom stereocenters. The fraction of sp³-hybridized carbons (Fsp3) is 0.571. The Hall–Kier alpha value is -1.44. The van der Waals surface area contributed by atoms with Gasteiger partial charge in [0.05, 0.1) is 6.07 Å². The van der Waals surface area contributed by atoms with Crippen molar-refractivity contribution in [3.05, 3.63) is 30.1 Å². The number of aromatic nitrogens is 1. The summed E-state index contributed by atoms with van der Waals surface area (Å²) in [6.45, 7) is 3.79. The van der Waals surface area contributed by atoms with Gasteiger partial charge >= 0.3 is 0 Å². The quantitative estimate of drug-likeness (QED) is 0.791. The number of rotatable bonds is 7. The minimum absolute atomic E-state index is 0.431. The minimum Gasteiger partial charge on any atom is -0.306 e. The lowest BCUT2D eigenvalue weighted by molar-refractivity contribution is 0.296. The fourth-order valence-corrected chi connectivity index (χ4v) is 1.61. The number of nitrogens with one attached hydrogen (secondary N) is 1. The molecule has 1 unspecified atom stereocenters. The maximum atomic E-state index is 9.07. The van der Waals surface area contributed by atoms with Crippen molar-refractivity contribution in [3.8, 4) is 6.07 Å². The Morgan fingerprint density at radius 2 is 2.22 bits per heavy atom. The van der Waals surface area contributed by atoms with Crippen molar-refractivity contribution in [2.75, 3.05) is 27.2 Å². The lowest BCUT2D eigenvalue weighted by atomic mass is 10.00. The van der Waals surface area contributed by atoms with Crippen molar-refractivity contribution in [2.45, 2.75) is 25.3 Å². The van der Waals surface area contributed by atoms with E-state index in [0.717, 1.165) is 31.6 Å². The van der Waals surface area contributed by atoms with E-state index in [9.17, 15) is 0 Å². The maximum absolute atomic E-state index is 9.07. The Balaban J connectivity index is 2.30. The van der Waals surface area contributed by atoms with Crippen LogP contribution in [-0.2, 0) is 6.42 Å². The summed E-state index contributed by atoms with van der Waals surface area (Å²) < 4.78 is 0. The van der Waals surface area contributed by atoms with E-state index in [-0.39, 0.29) is 0 Å². The number of likely N-dealkylation sites (N-methyl/N-ethyl adjacent to an activating group) is 1. The second kappa shape index (κ2) is 7.10. The molecule has 0 fully saturated rings. The van der Waals surface area contributed by atoms with Crippen molar-refractivity contribution in [2.24, 2.45) is 0 Å². The van der Waals surface area contributed by atoms with E-state index in [2.05, 4.69) is 28.3 Å². The van der Waals surface area contributed by atoms with Crippen LogP contribution in [0.15, 0.2) is 24.4 Å². The molecule has 1 aromatic heterocycles. The summed E-state index contributed by atoms with van der Waals surface area (Å²) in [5.74, 6) is 0. The molecule has 1 aromatic rings. The summed E-state index contributed by atoms with van der Waals surface area (Å²) in [5.41, 5.74) is 0.681. The van der Waals surface area contributed by atoms with Gasteiger partial charge in [-0.05, 0) is 39.6 Å². The van der Waals surface area contributed by atoms with Gasteiger partial charge in [0.1, 0.15) is 5.54 Å². The first-order valence-electron chi connectivity index (χ1n) is 6.28. The highest BCUT2D eigenvalue weighted by atomic mass is 15.1. The third kappa shape index (κ3) is 4.82. The third-order valence-corrected chi connectivity index (χ3v) is 3.27. The SMILES string of the molecule is CNC(C)(C#N)CCN(C)CCc1ccccn1. The zero-order valence-corrected chi connectivity index (χ0v) is 11.5. The molecule has 0 aromatic carbocycles. The number of hydrogen-bond donors (Lipinski definition) is 1. The topological polar surface area (TPSA) is 52.0 Å². The summed E-state index contributed by atoms with van der Waals surface area (Å²) in [6, 6.07) is 8.29. The molecule has 0 aliphatic rings. The van der Waals surface area contributed by atoms with Gasteiger partial charge in [0, 0.05) is 31.4 Å². The average Bonchev–Trinajstić information content (AvgIpc) is 2.43. The zero-order valence-electron chi connectivity index (χ0n) is 11.5. The summed E-state index contributed by atoms with van der Waals surface area (Å²) in [5, 5.41) is 12.1. The Kier molecular flexibility index (Phi) is 5.76. The first kappa shape index (κ1) is 14.6. The minimum atomic E-state index is -0.431. The largest absolute Gasteiger partial charge is 0.306 e. The Bertz CT molecular complexity index is 385. The van der Waals surface area contributed by atoms with Crippen LogP contribution in [0, 0.1) is 11.3 Å². The first-order valence-corrected chi connectivity index (χ1v) is 6.28. The second-order valence-electron chi connectivity index (χ2n) is 4.82. The normalized spacial score (nSPS) is 14.2. The first-order chi connectivity index (χ1) is 8.59. The highest BCUT2D eigenvalue weighted by Gasteiger charge is 2.20. The van der Waals surface area contributed by atoms with Crippen LogP contribution in [0.25, 0.3) is 0 Å². The highest BCUT2D eigenvalue weighted by Crippen LogP contribution is 2.08. The van der Waals surface area contributed by atoms with Gasteiger partial charge in [0.25, 0.3) is 0 Å². The van der Waals surface area contributed by atoms with Crippen LogP contribution < -0.4 is 5.32 Å². The van der Waals surface area contributed by atoms with E-state index < -0.39 is 5.54 Å². The molecule has 0 radical (unpaired) electrons. The summed E-state index contributed by atoms with van der Waals surface area (Å²) in [4.78, 5) is 6.54. The highest BCUT2D eigenvalue weighted by molar-refractivity contribution is 5.04. The van der Waals surface area contributed by atoms with E-state index in [1.807, 2.05) is 38.4 Å². The molecule has 0 amide bonds. The second-order valence-corrected chi connectivity index (χ2v) is 4.82. The Morgan fingerprint density at radius 1 is 1.44 bits per heavy atom. The van der Waals surface area contributed by atoms with Crippen LogP contribution in [0.2, 0.25) is 0 Å². The van der Waals surface area contributed by atoms with Crippen LogP contribution >= 0.6 is 0 Å². The average molecular weight is 246 g/mol. The summed E-state index contributed by atoms with van der Waals surface area (Å²) >= 11 is 0. The lowest BCUT2D eigenvalue weighted by Crippen LogP contribution is -2.41. The molecule has 0 aliphatic heterocycles. The summed E-state index contributed by atoms with van der Waals surface area (Å²) in [7, 11) is 3.91. The fourth-order valence-electron chi connectivity index (χ4n) is 1.61. The van der Waals surface area contributed by atoms with Crippen LogP contribution in [0.3, 0.4) is 0 Å². The number of pyridine rings is 1. The molecule has 0 saturated heterocycles. The van der Waals surface area contributed by atoms with E-state index in [4.69, 9.17) is 5.26 Å². The molecule has 4 nitrogen and oxygen atoms in total. The molecule has 98 valence electrons. The van der Waals surface area contributed by atoms with Gasteiger partial charge < -0.3 is 10.2 Å². The number of nitrogens with zero attached hydrogens (tertiary/aromatic N) is 3. The predicted octanol–water partition coefficient (Wildman–Crippen LogP) is 1.45. The lowest BCUT2D eigenvalue weighted by Gasteiger charge is -2.24. The molecule has 4 heteroatoms. The maximum Gasteiger partial charge on any atom is 0.104 e. The molecule has 0 spiro atoms. The van der Waals surface area contributed by atoms with E-state index >= 15 is 0 Å². The molecule has 0 saturated carbocycles. The van der Waals surface area contributed by atoms with Crippen LogP contribution in [-0.4, -0.2) is 42.6 Å². The van der Waals surface area contributed by atoms with Gasteiger partial charge in [-0.15, -0.1) is 0 Å². The van der Waals surface area contributed by atoms with Crippen LogP contribution in [0.4, 0.5) is 0 Å². The van der Waals surface area contributed by atoms with E-state index in [1.54, 1.807) is 0 Å². The monoisotopic (exact) mass is 246 g/mol. The zero-order chi connectivity index (χ0) is 13.4. The van der Waals surface area contributed by atoms with Gasteiger partial charge in [0.15, 0.2) is 0 Å². The third-order valence-electron chi connectivity index (χ3n) is 3.27. The van der Waals surface area contributed by atoms with Gasteiger partial charge in [-0.25, -0.2) is 0 Å². The number of nitriles is 1. The standard InChI is InChI=1S/C14H22N4/c1-14(12-15,16-2)8-11-18(3)10-7-13-6-4-5-9-17-13/h4-6,9,16H,7-8,10-11H2,1-3H3. The van der Waals surface area contributed by atoms with Gasteiger partial charge in [-0.3, -0.25) is 4.98 Å². The van der Waals surface area contributed by atoms with Crippen molar-refractivity contribution in [1.82, 2.24) is 15.2 Å². The molecular weight excluding hydrogens is 224 g/mol. The molecule has 1 heterocycles. The van der Waals surface area contributed by atoms with Crippen molar-refractivity contribution in [3.63, 3.8) is 0 Å². The molecule has 18 heavy (non-hydrogen) atoms. The molecule has 0 aliphatic carbocycles. The Morgan fingerprint density at radius 3 is 2.78 bits per heavy atom. The molecule has 1 rings (SSSR count). The summed E-state index contributed by atoms with van der Waals surface area (Å²) in [6.07, 6.45) is 3.59. The molecule has 1 N–H and O–H groups in total. The molecule has 0 bridgehead atoms. The Labute approximate surface area is 110 Å².